The molecule has 1 atom stereocenters. The van der Waals surface area contributed by atoms with Crippen LogP contribution in [0.1, 0.15) is 48.3 Å². The highest BCUT2D eigenvalue weighted by molar-refractivity contribution is 7.89. The molecule has 6 nitrogen and oxygen atoms in total. The Labute approximate surface area is 216 Å². The zero-order valence-electron chi connectivity index (χ0n) is 20.9. The monoisotopic (exact) mass is 518 g/mol. The molecule has 0 saturated carbocycles. The van der Waals surface area contributed by atoms with Crippen molar-refractivity contribution in [2.75, 3.05) is 7.05 Å². The maximum Gasteiger partial charge on any atom is 0.243 e. The second-order valence-electron chi connectivity index (χ2n) is 9.65. The molecule has 0 aliphatic heterocycles. The summed E-state index contributed by atoms with van der Waals surface area (Å²) in [6.45, 7) is 6.18. The van der Waals surface area contributed by atoms with Gasteiger partial charge in [0.1, 0.15) is 11.3 Å². The highest BCUT2D eigenvalue weighted by Crippen LogP contribution is 2.38. The molecule has 3 aromatic heterocycles. The number of hydrogen-bond acceptors (Lipinski definition) is 5. The van der Waals surface area contributed by atoms with E-state index in [1.165, 1.54) is 4.70 Å². The first-order chi connectivity index (χ1) is 17.2. The molecule has 186 valence electrons. The van der Waals surface area contributed by atoms with Crippen LogP contribution < -0.4 is 0 Å². The van der Waals surface area contributed by atoms with Crippen LogP contribution >= 0.6 is 11.3 Å². The van der Waals surface area contributed by atoms with Crippen molar-refractivity contribution in [3.63, 3.8) is 0 Å². The van der Waals surface area contributed by atoms with Gasteiger partial charge in [-0.15, -0.1) is 11.3 Å². The van der Waals surface area contributed by atoms with E-state index >= 15 is 0 Å². The highest BCUT2D eigenvalue weighted by atomic mass is 32.2. The minimum atomic E-state index is -3.68. The molecule has 0 amide bonds. The third-order valence-electron chi connectivity index (χ3n) is 6.47. The summed E-state index contributed by atoms with van der Waals surface area (Å²) in [7, 11) is -1.98. The number of nitrogens with zero attached hydrogens (tertiary/aromatic N) is 3. The summed E-state index contributed by atoms with van der Waals surface area (Å²) in [5.41, 5.74) is 3.66. The number of aryl methyl sites for hydroxylation is 1. The fraction of sp³-hybridized carbons (Fsp3) is 0.286. The van der Waals surface area contributed by atoms with Gasteiger partial charge in [0.2, 0.25) is 10.0 Å². The number of pyridine rings is 1. The third-order valence-corrected chi connectivity index (χ3v) is 9.57. The van der Waals surface area contributed by atoms with Crippen LogP contribution in [0.25, 0.3) is 21.1 Å². The van der Waals surface area contributed by atoms with Gasteiger partial charge in [-0.25, -0.2) is 13.4 Å². The molecule has 0 aliphatic rings. The number of fused-ring (bicyclic) bond motifs is 2. The molecule has 0 spiro atoms. The summed E-state index contributed by atoms with van der Waals surface area (Å²) < 4.78 is 30.1. The summed E-state index contributed by atoms with van der Waals surface area (Å²) in [5, 5.41) is 1.15. The fourth-order valence-electron chi connectivity index (χ4n) is 4.61. The van der Waals surface area contributed by atoms with Crippen LogP contribution in [0, 0.1) is 12.8 Å². The van der Waals surface area contributed by atoms with E-state index < -0.39 is 10.0 Å². The fourth-order valence-corrected chi connectivity index (χ4v) is 7.24. The first-order valence-corrected chi connectivity index (χ1v) is 14.3. The van der Waals surface area contributed by atoms with Crippen LogP contribution in [-0.4, -0.2) is 34.7 Å². The minimum absolute atomic E-state index is 0.225. The lowest BCUT2D eigenvalue weighted by molar-refractivity contribution is 0.328. The second-order valence-corrected chi connectivity index (χ2v) is 12.8. The summed E-state index contributed by atoms with van der Waals surface area (Å²) in [5.74, 6) is 1.19. The normalized spacial score (nSPS) is 13.3. The van der Waals surface area contributed by atoms with Gasteiger partial charge in [-0.05, 0) is 60.5 Å². The Balaban J connectivity index is 1.42. The summed E-state index contributed by atoms with van der Waals surface area (Å²) in [6.07, 6.45) is 3.10. The Kier molecular flexibility index (Phi) is 6.68. The van der Waals surface area contributed by atoms with Gasteiger partial charge >= 0.3 is 0 Å². The topological polar surface area (TPSA) is 79.0 Å². The first kappa shape index (κ1) is 24.6. The maximum absolute atomic E-state index is 13.7. The number of H-pyrrole nitrogens is 1. The van der Waals surface area contributed by atoms with Crippen molar-refractivity contribution in [1.29, 1.82) is 0 Å². The second kappa shape index (κ2) is 9.76. The van der Waals surface area contributed by atoms with Gasteiger partial charge < -0.3 is 4.98 Å². The van der Waals surface area contributed by atoms with Crippen LogP contribution in [0.4, 0.5) is 0 Å². The van der Waals surface area contributed by atoms with E-state index in [1.807, 2.05) is 37.3 Å². The SMILES string of the molecule is Cc1nc2c(Cc3ccc(S(=O)(=O)N(C)C(CC(C)C)c4cc5ccccc5s4)cc3)nccc2[nH]1. The van der Waals surface area contributed by atoms with Crippen LogP contribution in [0.15, 0.2) is 71.8 Å². The molecular formula is C28H30N4O2S2. The summed E-state index contributed by atoms with van der Waals surface area (Å²) >= 11 is 1.67. The average molecular weight is 519 g/mol. The van der Waals surface area contributed by atoms with Crippen LogP contribution in [0.2, 0.25) is 0 Å². The third kappa shape index (κ3) is 4.81. The number of nitrogens with one attached hydrogen (secondary N) is 1. The number of sulfonamides is 1. The van der Waals surface area contributed by atoms with E-state index in [-0.39, 0.29) is 6.04 Å². The van der Waals surface area contributed by atoms with E-state index in [9.17, 15) is 8.42 Å². The van der Waals surface area contributed by atoms with Gasteiger partial charge in [0.25, 0.3) is 0 Å². The zero-order valence-corrected chi connectivity index (χ0v) is 22.5. The molecule has 5 rings (SSSR count). The standard InChI is InChI=1S/C28H30N4O2S2/c1-18(2)15-25(27-17-21-7-5-6-8-26(21)35-27)32(4)36(33,34)22-11-9-20(10-12-22)16-24-28-23(13-14-29-24)30-19(3)31-28/h5-14,17-18,25H,15-16H2,1-4H3,(H,30,31). The number of rotatable bonds is 8. The van der Waals surface area contributed by atoms with Crippen molar-refractivity contribution in [3.8, 4) is 0 Å². The molecule has 0 bridgehead atoms. The van der Waals surface area contributed by atoms with E-state index in [1.54, 1.807) is 41.0 Å². The number of benzene rings is 2. The number of imidazole rings is 1. The number of thiophene rings is 1. The lowest BCUT2D eigenvalue weighted by Gasteiger charge is -2.28. The predicted molar refractivity (Wildman–Crippen MR) is 147 cm³/mol. The van der Waals surface area contributed by atoms with Crippen molar-refractivity contribution >= 4 is 42.5 Å². The largest absolute Gasteiger partial charge is 0.342 e. The van der Waals surface area contributed by atoms with Crippen molar-refractivity contribution in [2.24, 2.45) is 5.92 Å². The molecule has 0 fully saturated rings. The summed E-state index contributed by atoms with van der Waals surface area (Å²) in [4.78, 5) is 13.7. The predicted octanol–water partition coefficient (Wildman–Crippen LogP) is 6.48. The lowest BCUT2D eigenvalue weighted by Crippen LogP contribution is -2.31. The zero-order chi connectivity index (χ0) is 25.4. The van der Waals surface area contributed by atoms with Gasteiger partial charge in [0, 0.05) is 29.2 Å². The minimum Gasteiger partial charge on any atom is -0.342 e. The molecule has 0 saturated heterocycles. The Morgan fingerprint density at radius 2 is 1.81 bits per heavy atom. The van der Waals surface area contributed by atoms with E-state index in [2.05, 4.69) is 47.0 Å². The van der Waals surface area contributed by atoms with E-state index in [0.717, 1.165) is 44.8 Å². The Morgan fingerprint density at radius 1 is 1.06 bits per heavy atom. The van der Waals surface area contributed by atoms with E-state index in [4.69, 9.17) is 0 Å². The van der Waals surface area contributed by atoms with Crippen molar-refractivity contribution in [3.05, 3.63) is 88.8 Å². The maximum atomic E-state index is 13.7. The van der Waals surface area contributed by atoms with Crippen LogP contribution in [-0.2, 0) is 16.4 Å². The molecule has 36 heavy (non-hydrogen) atoms. The number of aromatic nitrogens is 3. The lowest BCUT2D eigenvalue weighted by atomic mass is 10.0. The molecule has 1 N–H and O–H groups in total. The first-order valence-electron chi connectivity index (χ1n) is 12.1. The van der Waals surface area contributed by atoms with Crippen molar-refractivity contribution in [2.45, 2.75) is 44.6 Å². The van der Waals surface area contributed by atoms with Gasteiger partial charge in [-0.1, -0.05) is 44.2 Å². The molecule has 8 heteroatoms. The Bertz CT molecular complexity index is 1590. The van der Waals surface area contributed by atoms with Gasteiger partial charge in [0.05, 0.1) is 22.1 Å². The number of hydrogen-bond donors (Lipinski definition) is 1. The molecule has 0 aliphatic carbocycles. The quantitative estimate of drug-likeness (QED) is 0.255. The Morgan fingerprint density at radius 3 is 2.53 bits per heavy atom. The highest BCUT2D eigenvalue weighted by Gasteiger charge is 2.31. The van der Waals surface area contributed by atoms with Gasteiger partial charge in [0.15, 0.2) is 0 Å². The molecule has 0 radical (unpaired) electrons. The molecule has 5 aromatic rings. The average Bonchev–Trinajstić information content (AvgIpc) is 3.45. The van der Waals surface area contributed by atoms with E-state index in [0.29, 0.717) is 17.2 Å². The van der Waals surface area contributed by atoms with Crippen molar-refractivity contribution < 1.29 is 8.42 Å². The van der Waals surface area contributed by atoms with Crippen molar-refractivity contribution in [1.82, 2.24) is 19.3 Å². The smallest absolute Gasteiger partial charge is 0.243 e. The summed E-state index contributed by atoms with van der Waals surface area (Å²) in [6, 6.07) is 19.2. The number of aromatic amines is 1. The molecule has 3 heterocycles. The van der Waals surface area contributed by atoms with Crippen LogP contribution in [0.3, 0.4) is 0 Å². The molecular weight excluding hydrogens is 488 g/mol. The van der Waals surface area contributed by atoms with Gasteiger partial charge in [-0.3, -0.25) is 4.98 Å². The Hall–Kier alpha value is -3.07. The molecule has 1 unspecified atom stereocenters. The molecule has 2 aromatic carbocycles. The van der Waals surface area contributed by atoms with Gasteiger partial charge in [-0.2, -0.15) is 4.31 Å². The van der Waals surface area contributed by atoms with Crippen LogP contribution in [0.5, 0.6) is 0 Å².